The molecule has 0 radical (unpaired) electrons. The molecule has 0 spiro atoms. The van der Waals surface area contributed by atoms with E-state index in [1.807, 2.05) is 44.2 Å². The molecular weight excluding hydrogens is 332 g/mol. The number of hydrogen-bond donors (Lipinski definition) is 1. The van der Waals surface area contributed by atoms with Gasteiger partial charge in [0.25, 0.3) is 0 Å². The van der Waals surface area contributed by atoms with Crippen molar-refractivity contribution in [1.82, 2.24) is 10.3 Å². The maximum Gasteiger partial charge on any atom is 0.238 e. The number of sulfone groups is 1. The Bertz CT molecular complexity index is 768. The van der Waals surface area contributed by atoms with E-state index in [-0.39, 0.29) is 10.3 Å². The van der Waals surface area contributed by atoms with Crippen molar-refractivity contribution in [2.24, 2.45) is 5.92 Å². The van der Waals surface area contributed by atoms with Crippen LogP contribution in [0.4, 0.5) is 0 Å². The molecule has 1 atom stereocenters. The fourth-order valence-electron chi connectivity index (χ4n) is 1.87. The van der Waals surface area contributed by atoms with Crippen LogP contribution in [0.15, 0.2) is 40.1 Å². The summed E-state index contributed by atoms with van der Waals surface area (Å²) in [5.41, 5.74) is 1.45. The van der Waals surface area contributed by atoms with Gasteiger partial charge in [-0.25, -0.2) is 13.4 Å². The minimum atomic E-state index is -3.78. The Morgan fingerprint density at radius 1 is 1.22 bits per heavy atom. The number of carbonyl (C=O) groups excluding carboxylic acids is 1. The highest BCUT2D eigenvalue weighted by Gasteiger charge is 2.32. The minimum Gasteiger partial charge on any atom is -0.355 e. The summed E-state index contributed by atoms with van der Waals surface area (Å²) in [4.78, 5) is 16.2. The monoisotopic (exact) mass is 352 g/mol. The van der Waals surface area contributed by atoms with Gasteiger partial charge in [-0.05, 0) is 12.8 Å². The lowest BCUT2D eigenvalue weighted by atomic mass is 10.2. The van der Waals surface area contributed by atoms with Gasteiger partial charge in [-0.3, -0.25) is 4.79 Å². The van der Waals surface area contributed by atoms with E-state index in [2.05, 4.69) is 10.3 Å². The van der Waals surface area contributed by atoms with E-state index < -0.39 is 21.0 Å². The van der Waals surface area contributed by atoms with Gasteiger partial charge in [0.1, 0.15) is 5.25 Å². The van der Waals surface area contributed by atoms with E-state index in [0.29, 0.717) is 12.2 Å². The van der Waals surface area contributed by atoms with Crippen molar-refractivity contribution in [2.75, 3.05) is 6.54 Å². The van der Waals surface area contributed by atoms with Crippen LogP contribution in [0.25, 0.3) is 11.3 Å². The molecule has 0 bridgehead atoms. The summed E-state index contributed by atoms with van der Waals surface area (Å²) in [5, 5.41) is 3.19. The van der Waals surface area contributed by atoms with E-state index in [9.17, 15) is 13.2 Å². The molecule has 1 heterocycles. The smallest absolute Gasteiger partial charge is 0.238 e. The molecule has 0 fully saturated rings. The van der Waals surface area contributed by atoms with Gasteiger partial charge in [0.15, 0.2) is 0 Å². The van der Waals surface area contributed by atoms with Crippen molar-refractivity contribution >= 4 is 27.1 Å². The van der Waals surface area contributed by atoms with Crippen molar-refractivity contribution in [1.29, 1.82) is 0 Å². The average molecular weight is 352 g/mol. The van der Waals surface area contributed by atoms with Crippen LogP contribution in [0, 0.1) is 5.92 Å². The van der Waals surface area contributed by atoms with E-state index >= 15 is 0 Å². The number of rotatable bonds is 6. The Hall–Kier alpha value is -1.73. The summed E-state index contributed by atoms with van der Waals surface area (Å²) in [5.74, 6) is -0.228. The van der Waals surface area contributed by atoms with Crippen LogP contribution in [-0.2, 0) is 14.6 Å². The second-order valence-electron chi connectivity index (χ2n) is 5.69. The zero-order valence-corrected chi connectivity index (χ0v) is 14.9. The first kappa shape index (κ1) is 17.6. The number of thiazole rings is 1. The summed E-state index contributed by atoms with van der Waals surface area (Å²) in [6.45, 7) is 5.75. The van der Waals surface area contributed by atoms with Gasteiger partial charge < -0.3 is 5.32 Å². The number of hydrogen-bond acceptors (Lipinski definition) is 5. The summed E-state index contributed by atoms with van der Waals surface area (Å²) in [6.07, 6.45) is 0. The zero-order chi connectivity index (χ0) is 17.0. The van der Waals surface area contributed by atoms with E-state index in [1.165, 1.54) is 6.92 Å². The number of aromatic nitrogens is 1. The van der Waals surface area contributed by atoms with Crippen LogP contribution >= 0.6 is 11.3 Å². The summed E-state index contributed by atoms with van der Waals surface area (Å²) < 4.78 is 25.1. The molecule has 1 N–H and O–H groups in total. The summed E-state index contributed by atoms with van der Waals surface area (Å²) >= 11 is 1.04. The van der Waals surface area contributed by atoms with Crippen LogP contribution in [-0.4, -0.2) is 31.1 Å². The Morgan fingerprint density at radius 3 is 2.48 bits per heavy atom. The predicted molar refractivity (Wildman–Crippen MR) is 92.0 cm³/mol. The van der Waals surface area contributed by atoms with Crippen LogP contribution in [0.1, 0.15) is 20.8 Å². The third kappa shape index (κ3) is 4.17. The lowest BCUT2D eigenvalue weighted by Gasteiger charge is -2.12. The van der Waals surface area contributed by atoms with Gasteiger partial charge in [-0.1, -0.05) is 44.2 Å². The van der Waals surface area contributed by atoms with E-state index in [0.717, 1.165) is 16.9 Å². The fourth-order valence-corrected chi connectivity index (χ4v) is 4.43. The molecule has 1 amide bonds. The lowest BCUT2D eigenvalue weighted by molar-refractivity contribution is -0.120. The van der Waals surface area contributed by atoms with Gasteiger partial charge in [0, 0.05) is 17.5 Å². The number of carbonyl (C=O) groups is 1. The second kappa shape index (κ2) is 7.23. The van der Waals surface area contributed by atoms with Crippen LogP contribution in [0.3, 0.4) is 0 Å². The molecule has 0 aliphatic heterocycles. The van der Waals surface area contributed by atoms with E-state index in [4.69, 9.17) is 0 Å². The van der Waals surface area contributed by atoms with Crippen molar-refractivity contribution in [2.45, 2.75) is 30.4 Å². The van der Waals surface area contributed by atoms with Crippen molar-refractivity contribution in [3.8, 4) is 11.3 Å². The van der Waals surface area contributed by atoms with Crippen LogP contribution < -0.4 is 5.32 Å². The molecule has 0 aliphatic rings. The van der Waals surface area contributed by atoms with E-state index in [1.54, 1.807) is 5.38 Å². The predicted octanol–water partition coefficient (Wildman–Crippen LogP) is 2.74. The van der Waals surface area contributed by atoms with Gasteiger partial charge in [-0.15, -0.1) is 11.3 Å². The SMILES string of the molecule is CC(C)CNC(=O)C(C)S(=O)(=O)c1nc(-c2ccccc2)cs1. The lowest BCUT2D eigenvalue weighted by Crippen LogP contribution is -2.39. The quantitative estimate of drug-likeness (QED) is 0.867. The van der Waals surface area contributed by atoms with Gasteiger partial charge in [0.05, 0.1) is 5.69 Å². The third-order valence-electron chi connectivity index (χ3n) is 3.32. The first-order valence-corrected chi connectivity index (χ1v) is 9.77. The molecule has 0 aliphatic carbocycles. The molecule has 2 aromatic rings. The Kier molecular flexibility index (Phi) is 5.54. The van der Waals surface area contributed by atoms with Crippen molar-refractivity contribution in [3.63, 3.8) is 0 Å². The summed E-state index contributed by atoms with van der Waals surface area (Å²) in [7, 11) is -3.78. The number of nitrogens with zero attached hydrogens (tertiary/aromatic N) is 1. The Balaban J connectivity index is 2.20. The number of benzene rings is 1. The normalized spacial score (nSPS) is 13.0. The van der Waals surface area contributed by atoms with Crippen LogP contribution in [0.5, 0.6) is 0 Å². The molecule has 2 rings (SSSR count). The Morgan fingerprint density at radius 2 is 1.87 bits per heavy atom. The highest BCUT2D eigenvalue weighted by Crippen LogP contribution is 2.26. The first-order chi connectivity index (χ1) is 10.8. The number of nitrogens with one attached hydrogen (secondary N) is 1. The molecular formula is C16H20N2O3S2. The van der Waals surface area contributed by atoms with Crippen LogP contribution in [0.2, 0.25) is 0 Å². The molecule has 0 saturated carbocycles. The molecule has 1 aromatic heterocycles. The minimum absolute atomic E-state index is 0.0245. The largest absolute Gasteiger partial charge is 0.355 e. The molecule has 0 saturated heterocycles. The molecule has 124 valence electrons. The van der Waals surface area contributed by atoms with Gasteiger partial charge in [0.2, 0.25) is 20.1 Å². The van der Waals surface area contributed by atoms with Gasteiger partial charge in [-0.2, -0.15) is 0 Å². The molecule has 1 aromatic carbocycles. The van der Waals surface area contributed by atoms with Crippen molar-refractivity contribution in [3.05, 3.63) is 35.7 Å². The Labute approximate surface area is 140 Å². The molecule has 5 nitrogen and oxygen atoms in total. The van der Waals surface area contributed by atoms with Crippen molar-refractivity contribution < 1.29 is 13.2 Å². The average Bonchev–Trinajstić information content (AvgIpc) is 3.03. The number of amides is 1. The first-order valence-electron chi connectivity index (χ1n) is 7.35. The topological polar surface area (TPSA) is 76.1 Å². The standard InChI is InChI=1S/C16H20N2O3S2/c1-11(2)9-17-15(19)12(3)23(20,21)16-18-14(10-22-16)13-7-5-4-6-8-13/h4-8,10-12H,9H2,1-3H3,(H,17,19). The zero-order valence-electron chi connectivity index (χ0n) is 13.3. The molecule has 1 unspecified atom stereocenters. The second-order valence-corrected chi connectivity index (χ2v) is 8.99. The highest BCUT2D eigenvalue weighted by molar-refractivity contribution is 7.94. The molecule has 23 heavy (non-hydrogen) atoms. The maximum absolute atomic E-state index is 12.6. The third-order valence-corrected chi connectivity index (χ3v) is 6.66. The highest BCUT2D eigenvalue weighted by atomic mass is 32.2. The summed E-state index contributed by atoms with van der Waals surface area (Å²) in [6, 6.07) is 9.35. The maximum atomic E-state index is 12.6. The van der Waals surface area contributed by atoms with Gasteiger partial charge >= 0.3 is 0 Å². The molecule has 7 heteroatoms. The fraction of sp³-hybridized carbons (Fsp3) is 0.375.